The maximum atomic E-state index is 13.0. The summed E-state index contributed by atoms with van der Waals surface area (Å²) in [5.41, 5.74) is 1.99. The Balaban J connectivity index is 1.92. The summed E-state index contributed by atoms with van der Waals surface area (Å²) in [7, 11) is 3.33. The summed E-state index contributed by atoms with van der Waals surface area (Å²) in [6.07, 6.45) is 3.27. The highest BCUT2D eigenvalue weighted by molar-refractivity contribution is 7.07. The minimum Gasteiger partial charge on any atom is -0.346 e. The van der Waals surface area contributed by atoms with Crippen molar-refractivity contribution in [3.8, 4) is 5.69 Å². The van der Waals surface area contributed by atoms with Crippen LogP contribution in [0.3, 0.4) is 0 Å². The van der Waals surface area contributed by atoms with Gasteiger partial charge in [-0.3, -0.25) is 14.2 Å². The minimum atomic E-state index is -0.427. The van der Waals surface area contributed by atoms with E-state index >= 15 is 0 Å². The van der Waals surface area contributed by atoms with Gasteiger partial charge in [0.2, 0.25) is 0 Å². The first-order valence-corrected chi connectivity index (χ1v) is 9.91. The van der Waals surface area contributed by atoms with E-state index in [1.54, 1.807) is 66.8 Å². The SMILES string of the molecule is CN(C)C(=O)c1cs/c(=N\C(=O)c2ccnc3[nH]ccc23)n1-c1ccccc1Cl. The van der Waals surface area contributed by atoms with Crippen molar-refractivity contribution in [3.63, 3.8) is 0 Å². The number of pyridine rings is 1. The Kier molecular flexibility index (Phi) is 5.04. The van der Waals surface area contributed by atoms with E-state index in [-0.39, 0.29) is 5.91 Å². The van der Waals surface area contributed by atoms with E-state index in [1.165, 1.54) is 16.2 Å². The molecule has 0 saturated heterocycles. The standard InChI is InChI=1S/C20H16ClN5O2S/c1-25(2)19(28)16-11-29-20(26(16)15-6-4-3-5-14(15)21)24-18(27)13-8-10-23-17-12(13)7-9-22-17/h3-11H,1-2H3,(H,22,23)/b24-20-. The van der Waals surface area contributed by atoms with Gasteiger partial charge in [-0.2, -0.15) is 4.99 Å². The van der Waals surface area contributed by atoms with Crippen LogP contribution in [0, 0.1) is 0 Å². The first-order chi connectivity index (χ1) is 14.0. The number of para-hydroxylation sites is 1. The molecule has 0 saturated carbocycles. The summed E-state index contributed by atoms with van der Waals surface area (Å²) in [6.45, 7) is 0. The number of hydrogen-bond acceptors (Lipinski definition) is 4. The van der Waals surface area contributed by atoms with Crippen molar-refractivity contribution in [2.24, 2.45) is 4.99 Å². The lowest BCUT2D eigenvalue weighted by molar-refractivity contribution is 0.0819. The molecule has 7 nitrogen and oxygen atoms in total. The average Bonchev–Trinajstić information content (AvgIpc) is 3.34. The highest BCUT2D eigenvalue weighted by Gasteiger charge is 2.19. The van der Waals surface area contributed by atoms with Crippen LogP contribution in [0.5, 0.6) is 0 Å². The number of thiazole rings is 1. The molecule has 0 spiro atoms. The van der Waals surface area contributed by atoms with Crippen LogP contribution >= 0.6 is 22.9 Å². The van der Waals surface area contributed by atoms with Crippen LogP contribution < -0.4 is 4.80 Å². The molecule has 0 aliphatic rings. The molecule has 0 fully saturated rings. The number of benzene rings is 1. The van der Waals surface area contributed by atoms with Gasteiger partial charge in [0.05, 0.1) is 16.3 Å². The van der Waals surface area contributed by atoms with Crippen molar-refractivity contribution >= 4 is 45.8 Å². The van der Waals surface area contributed by atoms with Crippen LogP contribution in [-0.4, -0.2) is 45.3 Å². The fraction of sp³-hybridized carbons (Fsp3) is 0.100. The molecular weight excluding hydrogens is 410 g/mol. The number of carbonyl (C=O) groups excluding carboxylic acids is 2. The lowest BCUT2D eigenvalue weighted by Gasteiger charge is -2.14. The number of aromatic nitrogens is 3. The predicted octanol–water partition coefficient (Wildman–Crippen LogP) is 3.51. The number of hydrogen-bond donors (Lipinski definition) is 1. The van der Waals surface area contributed by atoms with Crippen LogP contribution in [0.15, 0.2) is 59.2 Å². The third kappa shape index (κ3) is 3.48. The smallest absolute Gasteiger partial charge is 0.280 e. The van der Waals surface area contributed by atoms with Crippen molar-refractivity contribution in [2.75, 3.05) is 14.1 Å². The molecule has 0 unspecified atom stereocenters. The Labute approximate surface area is 174 Å². The van der Waals surface area contributed by atoms with Gasteiger partial charge in [-0.25, -0.2) is 4.98 Å². The Morgan fingerprint density at radius 3 is 2.76 bits per heavy atom. The zero-order valence-electron chi connectivity index (χ0n) is 15.6. The number of amides is 2. The zero-order valence-corrected chi connectivity index (χ0v) is 17.2. The van der Waals surface area contributed by atoms with E-state index in [2.05, 4.69) is 15.0 Å². The molecule has 0 bridgehead atoms. The van der Waals surface area contributed by atoms with Gasteiger partial charge in [-0.15, -0.1) is 11.3 Å². The van der Waals surface area contributed by atoms with Gasteiger partial charge in [0.1, 0.15) is 11.3 Å². The number of carbonyl (C=O) groups is 2. The topological polar surface area (TPSA) is 83.3 Å². The molecule has 146 valence electrons. The van der Waals surface area contributed by atoms with E-state index in [9.17, 15) is 9.59 Å². The van der Waals surface area contributed by atoms with Crippen molar-refractivity contribution in [1.29, 1.82) is 0 Å². The Morgan fingerprint density at radius 1 is 1.21 bits per heavy atom. The van der Waals surface area contributed by atoms with Gasteiger partial charge in [0, 0.05) is 37.3 Å². The fourth-order valence-electron chi connectivity index (χ4n) is 2.93. The summed E-state index contributed by atoms with van der Waals surface area (Å²) >= 11 is 7.58. The van der Waals surface area contributed by atoms with Gasteiger partial charge in [-0.1, -0.05) is 23.7 Å². The van der Waals surface area contributed by atoms with E-state index in [0.29, 0.717) is 37.8 Å². The summed E-state index contributed by atoms with van der Waals surface area (Å²) < 4.78 is 1.61. The van der Waals surface area contributed by atoms with Gasteiger partial charge in [0.15, 0.2) is 4.80 Å². The van der Waals surface area contributed by atoms with E-state index in [0.717, 1.165) is 0 Å². The Hall–Kier alpha value is -3.23. The Bertz CT molecular complexity index is 1300. The number of nitrogens with one attached hydrogen (secondary N) is 1. The number of rotatable bonds is 3. The molecular formula is C20H16ClN5O2S. The van der Waals surface area contributed by atoms with E-state index in [1.807, 2.05) is 6.07 Å². The summed E-state index contributed by atoms with van der Waals surface area (Å²) in [5.74, 6) is -0.643. The second-order valence-corrected chi connectivity index (χ2v) is 7.65. The predicted molar refractivity (Wildman–Crippen MR) is 113 cm³/mol. The first-order valence-electron chi connectivity index (χ1n) is 8.65. The second-order valence-electron chi connectivity index (χ2n) is 6.41. The third-order valence-corrected chi connectivity index (χ3v) is 5.46. The highest BCUT2D eigenvalue weighted by Crippen LogP contribution is 2.22. The monoisotopic (exact) mass is 425 g/mol. The fourth-order valence-corrected chi connectivity index (χ4v) is 4.01. The molecule has 3 aromatic heterocycles. The number of fused-ring (bicyclic) bond motifs is 1. The maximum absolute atomic E-state index is 13.0. The third-order valence-electron chi connectivity index (χ3n) is 4.31. The molecule has 0 radical (unpaired) electrons. The lowest BCUT2D eigenvalue weighted by atomic mass is 10.2. The summed E-state index contributed by atoms with van der Waals surface area (Å²) in [6, 6.07) is 10.5. The molecule has 3 heterocycles. The molecule has 9 heteroatoms. The number of aromatic amines is 1. The number of H-pyrrole nitrogens is 1. The molecule has 29 heavy (non-hydrogen) atoms. The zero-order chi connectivity index (χ0) is 20.5. The van der Waals surface area contributed by atoms with Crippen molar-refractivity contribution in [2.45, 2.75) is 0 Å². The van der Waals surface area contributed by atoms with Crippen LogP contribution in [0.4, 0.5) is 0 Å². The van der Waals surface area contributed by atoms with Crippen molar-refractivity contribution < 1.29 is 9.59 Å². The molecule has 1 N–H and O–H groups in total. The van der Waals surface area contributed by atoms with Crippen LogP contribution in [-0.2, 0) is 0 Å². The Morgan fingerprint density at radius 2 is 2.00 bits per heavy atom. The van der Waals surface area contributed by atoms with Crippen LogP contribution in [0.25, 0.3) is 16.7 Å². The molecule has 2 amide bonds. The minimum absolute atomic E-state index is 0.216. The van der Waals surface area contributed by atoms with Gasteiger partial charge < -0.3 is 9.88 Å². The largest absolute Gasteiger partial charge is 0.346 e. The molecule has 0 aliphatic heterocycles. The van der Waals surface area contributed by atoms with E-state index in [4.69, 9.17) is 11.6 Å². The maximum Gasteiger partial charge on any atom is 0.280 e. The molecule has 0 aliphatic carbocycles. The average molecular weight is 426 g/mol. The molecule has 1 aromatic carbocycles. The van der Waals surface area contributed by atoms with Gasteiger partial charge in [-0.05, 0) is 24.3 Å². The summed E-state index contributed by atoms with van der Waals surface area (Å²) in [5, 5.41) is 2.81. The van der Waals surface area contributed by atoms with Gasteiger partial charge in [0.25, 0.3) is 11.8 Å². The number of nitrogens with zero attached hydrogens (tertiary/aromatic N) is 4. The normalized spacial score (nSPS) is 11.8. The molecule has 4 aromatic rings. The van der Waals surface area contributed by atoms with Gasteiger partial charge >= 0.3 is 0 Å². The van der Waals surface area contributed by atoms with Crippen LogP contribution in [0.2, 0.25) is 5.02 Å². The highest BCUT2D eigenvalue weighted by atomic mass is 35.5. The van der Waals surface area contributed by atoms with E-state index < -0.39 is 5.91 Å². The molecule has 4 rings (SSSR count). The first kappa shape index (κ1) is 19.1. The van der Waals surface area contributed by atoms with Crippen molar-refractivity contribution in [1.82, 2.24) is 19.4 Å². The second kappa shape index (κ2) is 7.65. The van der Waals surface area contributed by atoms with Crippen LogP contribution in [0.1, 0.15) is 20.8 Å². The van der Waals surface area contributed by atoms with Crippen molar-refractivity contribution in [3.05, 3.63) is 75.3 Å². The summed E-state index contributed by atoms with van der Waals surface area (Å²) in [4.78, 5) is 39.0. The number of halogens is 1. The quantitative estimate of drug-likeness (QED) is 0.545. The lowest BCUT2D eigenvalue weighted by Crippen LogP contribution is -2.27. The molecule has 0 atom stereocenters.